The van der Waals surface area contributed by atoms with E-state index in [0.29, 0.717) is 16.7 Å². The first kappa shape index (κ1) is 17.0. The van der Waals surface area contributed by atoms with E-state index in [-0.39, 0.29) is 11.3 Å². The van der Waals surface area contributed by atoms with Crippen LogP contribution in [0.3, 0.4) is 0 Å². The molecule has 3 aromatic carbocycles. The number of hydrogen-bond donors (Lipinski definition) is 0. The smallest absolute Gasteiger partial charge is 0.348 e. The van der Waals surface area contributed by atoms with Gasteiger partial charge in [0.2, 0.25) is 5.78 Å². The molecule has 0 unspecified atom stereocenters. The SMILES string of the molecule is Cc1ccc2oc(=O)c(C(=O)c3ccccc3C)c(-c3ccccc3)c2c1. The fraction of sp³-hybridized carbons (Fsp3) is 0.0833. The van der Waals surface area contributed by atoms with Gasteiger partial charge < -0.3 is 4.42 Å². The van der Waals surface area contributed by atoms with Crippen molar-refractivity contribution >= 4 is 16.8 Å². The number of fused-ring (bicyclic) bond motifs is 1. The van der Waals surface area contributed by atoms with Crippen molar-refractivity contribution in [1.29, 1.82) is 0 Å². The van der Waals surface area contributed by atoms with Crippen LogP contribution in [0.5, 0.6) is 0 Å². The third-order valence-corrected chi connectivity index (χ3v) is 4.74. The Bertz CT molecular complexity index is 1220. The van der Waals surface area contributed by atoms with Crippen LogP contribution in [0.2, 0.25) is 0 Å². The number of rotatable bonds is 3. The van der Waals surface area contributed by atoms with Crippen molar-refractivity contribution in [1.82, 2.24) is 0 Å². The molecule has 1 heterocycles. The van der Waals surface area contributed by atoms with Crippen LogP contribution in [-0.2, 0) is 0 Å². The number of aryl methyl sites for hydroxylation is 2. The topological polar surface area (TPSA) is 47.3 Å². The van der Waals surface area contributed by atoms with Crippen molar-refractivity contribution in [2.45, 2.75) is 13.8 Å². The van der Waals surface area contributed by atoms with Crippen LogP contribution in [0.1, 0.15) is 27.0 Å². The lowest BCUT2D eigenvalue weighted by Crippen LogP contribution is -2.18. The Hall–Kier alpha value is -3.46. The van der Waals surface area contributed by atoms with Gasteiger partial charge in [-0.25, -0.2) is 4.79 Å². The minimum Gasteiger partial charge on any atom is -0.422 e. The molecule has 0 aliphatic heterocycles. The molecule has 0 fully saturated rings. The predicted octanol–water partition coefficient (Wildman–Crippen LogP) is 5.31. The summed E-state index contributed by atoms with van der Waals surface area (Å²) in [6, 6.07) is 22.4. The minimum absolute atomic E-state index is 0.0774. The molecule has 0 bridgehead atoms. The summed E-state index contributed by atoms with van der Waals surface area (Å²) in [5, 5.41) is 0.762. The predicted molar refractivity (Wildman–Crippen MR) is 107 cm³/mol. The van der Waals surface area contributed by atoms with E-state index in [1.807, 2.05) is 68.4 Å². The van der Waals surface area contributed by atoms with Crippen LogP contribution in [0, 0.1) is 13.8 Å². The molecule has 0 spiro atoms. The first-order valence-corrected chi connectivity index (χ1v) is 8.79. The Morgan fingerprint density at radius 3 is 2.30 bits per heavy atom. The molecular formula is C24H18O3. The third kappa shape index (κ3) is 2.97. The fourth-order valence-corrected chi connectivity index (χ4v) is 3.39. The summed E-state index contributed by atoms with van der Waals surface area (Å²) >= 11 is 0. The van der Waals surface area contributed by atoms with Gasteiger partial charge in [0.05, 0.1) is 0 Å². The Morgan fingerprint density at radius 2 is 1.56 bits per heavy atom. The zero-order chi connectivity index (χ0) is 19.0. The Kier molecular flexibility index (Phi) is 4.21. The highest BCUT2D eigenvalue weighted by Gasteiger charge is 2.24. The van der Waals surface area contributed by atoms with Gasteiger partial charge in [-0.3, -0.25) is 4.79 Å². The lowest BCUT2D eigenvalue weighted by molar-refractivity contribution is 0.103. The van der Waals surface area contributed by atoms with Crippen molar-refractivity contribution in [3.63, 3.8) is 0 Å². The molecule has 0 saturated heterocycles. The van der Waals surface area contributed by atoms with Crippen molar-refractivity contribution in [2.24, 2.45) is 0 Å². The summed E-state index contributed by atoms with van der Waals surface area (Å²) in [6.45, 7) is 3.84. The Balaban J connectivity index is 2.12. The average Bonchev–Trinajstić information content (AvgIpc) is 2.68. The molecule has 0 saturated carbocycles. The van der Waals surface area contributed by atoms with Gasteiger partial charge in [0.15, 0.2) is 0 Å². The van der Waals surface area contributed by atoms with Gasteiger partial charge in [0.25, 0.3) is 0 Å². The highest BCUT2D eigenvalue weighted by Crippen LogP contribution is 2.32. The van der Waals surface area contributed by atoms with Crippen molar-refractivity contribution in [3.8, 4) is 11.1 Å². The van der Waals surface area contributed by atoms with Crippen LogP contribution in [-0.4, -0.2) is 5.78 Å². The van der Waals surface area contributed by atoms with Gasteiger partial charge in [0, 0.05) is 16.5 Å². The Morgan fingerprint density at radius 1 is 0.852 bits per heavy atom. The summed E-state index contributed by atoms with van der Waals surface area (Å²) in [6.07, 6.45) is 0. The molecule has 1 aromatic heterocycles. The maximum Gasteiger partial charge on any atom is 0.348 e. The molecule has 0 amide bonds. The summed E-state index contributed by atoms with van der Waals surface area (Å²) in [5.41, 5.74) is 3.75. The van der Waals surface area contributed by atoms with Crippen LogP contribution < -0.4 is 5.63 Å². The molecule has 4 rings (SSSR count). The van der Waals surface area contributed by atoms with Crippen molar-refractivity contribution in [3.05, 3.63) is 105 Å². The van der Waals surface area contributed by atoms with E-state index in [0.717, 1.165) is 22.1 Å². The number of carbonyl (C=O) groups excluding carboxylic acids is 1. The standard InChI is InChI=1S/C24H18O3/c1-15-12-13-20-19(14-15)21(17-9-4-3-5-10-17)22(24(26)27-20)23(25)18-11-7-6-8-16(18)2/h3-14H,1-2H3. The number of carbonyl (C=O) groups is 1. The van der Waals surface area contributed by atoms with Gasteiger partial charge in [-0.2, -0.15) is 0 Å². The van der Waals surface area contributed by atoms with Crippen molar-refractivity contribution in [2.75, 3.05) is 0 Å². The maximum absolute atomic E-state index is 13.4. The van der Waals surface area contributed by atoms with Crippen LogP contribution in [0.15, 0.2) is 82.0 Å². The largest absolute Gasteiger partial charge is 0.422 e. The highest BCUT2D eigenvalue weighted by molar-refractivity contribution is 6.16. The fourth-order valence-electron chi connectivity index (χ4n) is 3.39. The molecule has 3 nitrogen and oxygen atoms in total. The van der Waals surface area contributed by atoms with Gasteiger partial charge in [-0.1, -0.05) is 66.2 Å². The molecule has 27 heavy (non-hydrogen) atoms. The summed E-state index contributed by atoms with van der Waals surface area (Å²) in [7, 11) is 0. The van der Waals surface area contributed by atoms with E-state index < -0.39 is 5.63 Å². The second-order valence-corrected chi connectivity index (χ2v) is 6.65. The molecule has 0 atom stereocenters. The summed E-state index contributed by atoms with van der Waals surface area (Å²) in [4.78, 5) is 26.2. The van der Waals surface area contributed by atoms with E-state index in [1.165, 1.54) is 0 Å². The van der Waals surface area contributed by atoms with E-state index >= 15 is 0 Å². The second-order valence-electron chi connectivity index (χ2n) is 6.65. The maximum atomic E-state index is 13.4. The average molecular weight is 354 g/mol. The lowest BCUT2D eigenvalue weighted by Gasteiger charge is -2.13. The lowest BCUT2D eigenvalue weighted by atomic mass is 9.91. The number of benzene rings is 3. The first-order valence-electron chi connectivity index (χ1n) is 8.79. The highest BCUT2D eigenvalue weighted by atomic mass is 16.4. The van der Waals surface area contributed by atoms with E-state index in [1.54, 1.807) is 18.2 Å². The molecule has 0 N–H and O–H groups in total. The van der Waals surface area contributed by atoms with Crippen molar-refractivity contribution < 1.29 is 9.21 Å². The molecular weight excluding hydrogens is 336 g/mol. The normalized spacial score (nSPS) is 10.9. The molecule has 4 aromatic rings. The first-order chi connectivity index (χ1) is 13.1. The van der Waals surface area contributed by atoms with E-state index in [9.17, 15) is 9.59 Å². The van der Waals surface area contributed by atoms with Gasteiger partial charge >= 0.3 is 5.63 Å². The number of hydrogen-bond acceptors (Lipinski definition) is 3. The van der Waals surface area contributed by atoms with E-state index in [4.69, 9.17) is 4.42 Å². The minimum atomic E-state index is -0.613. The van der Waals surface area contributed by atoms with E-state index in [2.05, 4.69) is 0 Å². The summed E-state index contributed by atoms with van der Waals surface area (Å²) < 4.78 is 5.52. The van der Waals surface area contributed by atoms with Crippen LogP contribution in [0.25, 0.3) is 22.1 Å². The quantitative estimate of drug-likeness (QED) is 0.370. The van der Waals surface area contributed by atoms with Crippen LogP contribution in [0.4, 0.5) is 0 Å². The Labute approximate surface area is 156 Å². The molecule has 132 valence electrons. The molecule has 0 aliphatic carbocycles. The molecule has 3 heteroatoms. The molecule has 0 aliphatic rings. The zero-order valence-electron chi connectivity index (χ0n) is 15.2. The van der Waals surface area contributed by atoms with Gasteiger partial charge in [0.1, 0.15) is 11.1 Å². The monoisotopic (exact) mass is 354 g/mol. The summed E-state index contributed by atoms with van der Waals surface area (Å²) in [5.74, 6) is -0.316. The number of ketones is 1. The van der Waals surface area contributed by atoms with Crippen LogP contribution >= 0.6 is 0 Å². The van der Waals surface area contributed by atoms with Gasteiger partial charge in [-0.15, -0.1) is 0 Å². The van der Waals surface area contributed by atoms with Gasteiger partial charge in [-0.05, 0) is 37.1 Å². The second kappa shape index (κ2) is 6.69. The third-order valence-electron chi connectivity index (χ3n) is 4.74. The zero-order valence-corrected chi connectivity index (χ0v) is 15.2. The molecule has 0 radical (unpaired) electrons.